The number of tetrazole rings is 1. The zero-order valence-electron chi connectivity index (χ0n) is 21.0. The molecule has 11 heteroatoms. The van der Waals surface area contributed by atoms with Crippen molar-refractivity contribution in [3.8, 4) is 22.6 Å². The number of pyridine rings is 1. The van der Waals surface area contributed by atoms with Crippen LogP contribution in [0.2, 0.25) is 0 Å². The Bertz CT molecular complexity index is 1440. The summed E-state index contributed by atoms with van der Waals surface area (Å²) < 4.78 is 10.6. The highest BCUT2D eigenvalue weighted by Gasteiger charge is 2.41. The lowest BCUT2D eigenvalue weighted by atomic mass is 10.0. The van der Waals surface area contributed by atoms with Crippen molar-refractivity contribution in [1.82, 2.24) is 30.5 Å². The van der Waals surface area contributed by atoms with E-state index in [1.807, 2.05) is 54.6 Å². The number of benzene rings is 2. The molecule has 11 nitrogen and oxygen atoms in total. The first-order valence-electron chi connectivity index (χ1n) is 12.5. The molecule has 1 fully saturated rings. The molecule has 2 heterocycles. The van der Waals surface area contributed by atoms with Gasteiger partial charge < -0.3 is 14.6 Å². The third-order valence-corrected chi connectivity index (χ3v) is 6.74. The van der Waals surface area contributed by atoms with Crippen LogP contribution in [0, 0.1) is 0 Å². The van der Waals surface area contributed by atoms with Crippen molar-refractivity contribution in [3.05, 3.63) is 60.2 Å². The van der Waals surface area contributed by atoms with Gasteiger partial charge in [0.05, 0.1) is 24.4 Å². The number of aromatic amines is 1. The fourth-order valence-corrected chi connectivity index (χ4v) is 5.07. The lowest BCUT2D eigenvalue weighted by molar-refractivity contribution is -0.0357. The molecule has 1 aliphatic carbocycles. The van der Waals surface area contributed by atoms with Gasteiger partial charge in [0.25, 0.3) is 0 Å². The number of nitrogens with zero attached hydrogens (tertiary/aromatic N) is 5. The van der Waals surface area contributed by atoms with Gasteiger partial charge in [-0.2, -0.15) is 5.21 Å². The number of hydrogen-bond acceptors (Lipinski definition) is 8. The molecule has 38 heavy (non-hydrogen) atoms. The second kappa shape index (κ2) is 10.8. The average molecular weight is 517 g/mol. The smallest absolute Gasteiger partial charge is 0.450 e. The zero-order valence-corrected chi connectivity index (χ0v) is 21.0. The molecule has 2 aromatic carbocycles. The summed E-state index contributed by atoms with van der Waals surface area (Å²) in [5.74, 6) is 0.490. The van der Waals surface area contributed by atoms with Crippen LogP contribution in [0.15, 0.2) is 54.6 Å². The molecule has 0 atom stereocenters. The van der Waals surface area contributed by atoms with Crippen LogP contribution in [0.1, 0.15) is 38.2 Å². The van der Waals surface area contributed by atoms with Crippen LogP contribution in [0.5, 0.6) is 0 Å². The molecule has 196 valence electrons. The predicted octanol–water partition coefficient (Wildman–Crippen LogP) is 5.05. The summed E-state index contributed by atoms with van der Waals surface area (Å²) in [5, 5.41) is 24.6. The largest absolute Gasteiger partial charge is 0.506 e. The van der Waals surface area contributed by atoms with Crippen molar-refractivity contribution in [2.45, 2.75) is 44.8 Å². The molecule has 0 unspecified atom stereocenters. The number of aromatic nitrogens is 5. The van der Waals surface area contributed by atoms with E-state index in [9.17, 15) is 14.7 Å². The normalized spacial score (nSPS) is 14.3. The predicted molar refractivity (Wildman–Crippen MR) is 138 cm³/mol. The lowest BCUT2D eigenvalue weighted by Gasteiger charge is -2.33. The highest BCUT2D eigenvalue weighted by Crippen LogP contribution is 2.35. The molecule has 4 aromatic rings. The maximum atomic E-state index is 12.8. The Morgan fingerprint density at radius 3 is 2.58 bits per heavy atom. The fraction of sp³-hybridized carbons (Fsp3) is 0.333. The average Bonchev–Trinajstić information content (AvgIpc) is 3.61. The Hall–Kier alpha value is -4.54. The van der Waals surface area contributed by atoms with Crippen LogP contribution in [-0.2, 0) is 16.0 Å². The molecule has 1 amide bonds. The van der Waals surface area contributed by atoms with E-state index < -0.39 is 17.8 Å². The minimum atomic E-state index is -1.33. The van der Waals surface area contributed by atoms with E-state index in [4.69, 9.17) is 14.5 Å². The summed E-state index contributed by atoms with van der Waals surface area (Å²) >= 11 is 0. The monoisotopic (exact) mass is 516 g/mol. The summed E-state index contributed by atoms with van der Waals surface area (Å²) in [6, 6.07) is 17.4. The van der Waals surface area contributed by atoms with Gasteiger partial charge in [-0.1, -0.05) is 36.4 Å². The number of rotatable bonds is 8. The Labute approximate surface area is 218 Å². The maximum Gasteiger partial charge on any atom is 0.506 e. The molecule has 1 saturated carbocycles. The molecular formula is C27H28N6O5. The van der Waals surface area contributed by atoms with Crippen LogP contribution in [-0.4, -0.2) is 66.6 Å². The van der Waals surface area contributed by atoms with Crippen LogP contribution < -0.4 is 0 Å². The van der Waals surface area contributed by atoms with E-state index in [0.29, 0.717) is 18.7 Å². The summed E-state index contributed by atoms with van der Waals surface area (Å²) in [7, 11) is 0. The van der Waals surface area contributed by atoms with E-state index in [1.54, 1.807) is 6.92 Å². The first kappa shape index (κ1) is 25.1. The second-order valence-corrected chi connectivity index (χ2v) is 9.32. The van der Waals surface area contributed by atoms with Gasteiger partial charge in [-0.3, -0.25) is 4.90 Å². The highest BCUT2D eigenvalue weighted by atomic mass is 16.7. The van der Waals surface area contributed by atoms with E-state index in [2.05, 4.69) is 20.6 Å². The molecule has 1 aliphatic rings. The molecule has 0 saturated heterocycles. The van der Waals surface area contributed by atoms with Crippen molar-refractivity contribution in [1.29, 1.82) is 0 Å². The first-order valence-corrected chi connectivity index (χ1v) is 12.5. The van der Waals surface area contributed by atoms with E-state index in [0.717, 1.165) is 46.1 Å². The number of carbonyl (C=O) groups is 2. The first-order chi connectivity index (χ1) is 18.5. The number of nitrogens with one attached hydrogen (secondary N) is 1. The number of hydrogen-bond donors (Lipinski definition) is 2. The Kier molecular flexibility index (Phi) is 7.16. The molecular weight excluding hydrogens is 488 g/mol. The zero-order chi connectivity index (χ0) is 26.5. The summed E-state index contributed by atoms with van der Waals surface area (Å²) in [6.45, 7) is 2.35. The van der Waals surface area contributed by atoms with Gasteiger partial charge in [0.1, 0.15) is 5.60 Å². The standard InChI is InChI=1S/C27H28N6O5/c1-2-37-25(34)33(17-27(38-26(35)36)13-5-6-14-27)16-18-9-11-22-19(15-18)10-12-23(28-22)20-7-3-4-8-21(20)24-29-31-32-30-24/h3-4,7-12,15H,2,5-6,13-14,16-17H2,1H3,(H,35,36)(H,29,30,31,32). The van der Waals surface area contributed by atoms with Crippen molar-refractivity contribution >= 4 is 23.2 Å². The third kappa shape index (κ3) is 5.41. The summed E-state index contributed by atoms with van der Waals surface area (Å²) in [6.07, 6.45) is 1.02. The number of fused-ring (bicyclic) bond motifs is 1. The van der Waals surface area contributed by atoms with Crippen molar-refractivity contribution in [3.63, 3.8) is 0 Å². The summed E-state index contributed by atoms with van der Waals surface area (Å²) in [4.78, 5) is 30.6. The van der Waals surface area contributed by atoms with Crippen LogP contribution >= 0.6 is 0 Å². The van der Waals surface area contributed by atoms with Crippen LogP contribution in [0.25, 0.3) is 33.5 Å². The number of ether oxygens (including phenoxy) is 2. The van der Waals surface area contributed by atoms with Crippen molar-refractivity contribution in [2.75, 3.05) is 13.2 Å². The molecule has 0 aliphatic heterocycles. The topological polar surface area (TPSA) is 143 Å². The van der Waals surface area contributed by atoms with Gasteiger partial charge in [0.15, 0.2) is 0 Å². The molecule has 0 bridgehead atoms. The number of H-pyrrole nitrogens is 1. The molecule has 0 radical (unpaired) electrons. The lowest BCUT2D eigenvalue weighted by Crippen LogP contribution is -2.46. The van der Waals surface area contributed by atoms with Gasteiger partial charge in [0.2, 0.25) is 5.82 Å². The number of amides is 1. The molecule has 5 rings (SSSR count). The molecule has 2 aromatic heterocycles. The van der Waals surface area contributed by atoms with Crippen LogP contribution in [0.3, 0.4) is 0 Å². The van der Waals surface area contributed by atoms with E-state index in [-0.39, 0.29) is 19.7 Å². The number of carbonyl (C=O) groups excluding carboxylic acids is 1. The van der Waals surface area contributed by atoms with Gasteiger partial charge in [0, 0.05) is 23.1 Å². The molecule has 2 N–H and O–H groups in total. The van der Waals surface area contributed by atoms with E-state index >= 15 is 0 Å². The third-order valence-electron chi connectivity index (χ3n) is 6.74. The van der Waals surface area contributed by atoms with Crippen LogP contribution in [0.4, 0.5) is 9.59 Å². The Morgan fingerprint density at radius 2 is 1.87 bits per heavy atom. The highest BCUT2D eigenvalue weighted by molar-refractivity contribution is 5.85. The van der Waals surface area contributed by atoms with Gasteiger partial charge in [-0.25, -0.2) is 14.6 Å². The van der Waals surface area contributed by atoms with Gasteiger partial charge in [-0.15, -0.1) is 10.2 Å². The Balaban J connectivity index is 1.41. The van der Waals surface area contributed by atoms with Crippen molar-refractivity contribution in [2.24, 2.45) is 0 Å². The fourth-order valence-electron chi connectivity index (χ4n) is 5.07. The molecule has 0 spiro atoms. The SMILES string of the molecule is CCOC(=O)N(Cc1ccc2nc(-c3ccccc3-c3nn[nH]n3)ccc2c1)CC1(OC(=O)O)CCCC1. The van der Waals surface area contributed by atoms with Gasteiger partial charge in [-0.05, 0) is 61.6 Å². The van der Waals surface area contributed by atoms with Gasteiger partial charge >= 0.3 is 12.2 Å². The summed E-state index contributed by atoms with van der Waals surface area (Å²) in [5.41, 5.74) is 3.22. The Morgan fingerprint density at radius 1 is 1.08 bits per heavy atom. The number of carboxylic acid groups (broad SMARTS) is 1. The maximum absolute atomic E-state index is 12.8. The quantitative estimate of drug-likeness (QED) is 0.307. The minimum absolute atomic E-state index is 0.139. The second-order valence-electron chi connectivity index (χ2n) is 9.32. The van der Waals surface area contributed by atoms with E-state index in [1.165, 1.54) is 4.90 Å². The minimum Gasteiger partial charge on any atom is -0.450 e. The van der Waals surface area contributed by atoms with Crippen molar-refractivity contribution < 1.29 is 24.2 Å².